The van der Waals surface area contributed by atoms with Crippen molar-refractivity contribution in [3.8, 4) is 0 Å². The number of aryl methyl sites for hydroxylation is 1. The van der Waals surface area contributed by atoms with Crippen molar-refractivity contribution in [3.63, 3.8) is 0 Å². The van der Waals surface area contributed by atoms with E-state index in [4.69, 9.17) is 4.74 Å². The molecular formula is C17H19N3O4. The number of H-pyrrole nitrogens is 1. The van der Waals surface area contributed by atoms with E-state index in [1.165, 1.54) is 14.0 Å². The van der Waals surface area contributed by atoms with E-state index >= 15 is 0 Å². The lowest BCUT2D eigenvalue weighted by atomic mass is 10.1. The van der Waals surface area contributed by atoms with Crippen LogP contribution < -0.4 is 10.6 Å². The first-order valence-corrected chi connectivity index (χ1v) is 7.30. The van der Waals surface area contributed by atoms with Crippen LogP contribution in [0.3, 0.4) is 0 Å². The molecular weight excluding hydrogens is 310 g/mol. The number of methoxy groups -OCH3 is 1. The second-order valence-corrected chi connectivity index (χ2v) is 5.33. The van der Waals surface area contributed by atoms with Crippen LogP contribution in [0.25, 0.3) is 0 Å². The first kappa shape index (κ1) is 17.3. The molecule has 2 amide bonds. The molecule has 1 heterocycles. The Hall–Kier alpha value is -3.09. The molecule has 0 atom stereocenters. The highest BCUT2D eigenvalue weighted by Crippen LogP contribution is 2.20. The normalized spacial score (nSPS) is 10.2. The predicted octanol–water partition coefficient (Wildman–Crippen LogP) is 2.63. The van der Waals surface area contributed by atoms with Crippen molar-refractivity contribution in [2.45, 2.75) is 20.8 Å². The first-order valence-electron chi connectivity index (χ1n) is 7.30. The van der Waals surface area contributed by atoms with Crippen LogP contribution in [-0.2, 0) is 9.53 Å². The Labute approximate surface area is 139 Å². The average molecular weight is 329 g/mol. The lowest BCUT2D eigenvalue weighted by molar-refractivity contribution is -0.114. The third-order valence-corrected chi connectivity index (χ3v) is 3.52. The highest BCUT2D eigenvalue weighted by molar-refractivity contribution is 6.07. The number of esters is 1. The summed E-state index contributed by atoms with van der Waals surface area (Å²) in [6, 6.07) is 6.72. The van der Waals surface area contributed by atoms with Crippen LogP contribution in [-0.4, -0.2) is 29.9 Å². The van der Waals surface area contributed by atoms with Crippen molar-refractivity contribution >= 4 is 29.2 Å². The third-order valence-electron chi connectivity index (χ3n) is 3.52. The first-order chi connectivity index (χ1) is 11.3. The zero-order valence-electron chi connectivity index (χ0n) is 13.9. The topological polar surface area (TPSA) is 100 Å². The van der Waals surface area contributed by atoms with Gasteiger partial charge in [0.05, 0.1) is 12.7 Å². The summed E-state index contributed by atoms with van der Waals surface area (Å²) in [5.41, 5.74) is 2.99. The van der Waals surface area contributed by atoms with Crippen molar-refractivity contribution in [2.24, 2.45) is 0 Å². The van der Waals surface area contributed by atoms with E-state index < -0.39 is 5.97 Å². The number of ether oxygens (including phenoxy) is 1. The maximum atomic E-state index is 12.4. The summed E-state index contributed by atoms with van der Waals surface area (Å²) >= 11 is 0. The number of rotatable bonds is 4. The summed E-state index contributed by atoms with van der Waals surface area (Å²) in [4.78, 5) is 38.1. The predicted molar refractivity (Wildman–Crippen MR) is 90.3 cm³/mol. The number of hydrogen-bond acceptors (Lipinski definition) is 4. The Morgan fingerprint density at radius 2 is 1.54 bits per heavy atom. The van der Waals surface area contributed by atoms with Crippen molar-refractivity contribution in [1.29, 1.82) is 0 Å². The van der Waals surface area contributed by atoms with Gasteiger partial charge in [-0.15, -0.1) is 0 Å². The zero-order valence-corrected chi connectivity index (χ0v) is 13.9. The molecule has 0 unspecified atom stereocenters. The Morgan fingerprint density at radius 3 is 2.04 bits per heavy atom. The number of nitrogens with one attached hydrogen (secondary N) is 3. The number of anilines is 2. The summed E-state index contributed by atoms with van der Waals surface area (Å²) in [7, 11) is 1.30. The molecule has 7 heteroatoms. The Bertz CT molecular complexity index is 791. The van der Waals surface area contributed by atoms with Gasteiger partial charge in [0.1, 0.15) is 5.69 Å². The minimum atomic E-state index is -0.486. The SMILES string of the molecule is COC(=O)c1c(C)[nH]c(C(=O)Nc2ccc(NC(C)=O)cc2)c1C. The van der Waals surface area contributed by atoms with E-state index in [1.807, 2.05) is 0 Å². The Kier molecular flexibility index (Phi) is 5.03. The molecule has 0 spiro atoms. The number of aromatic amines is 1. The van der Waals surface area contributed by atoms with Crippen molar-refractivity contribution in [3.05, 3.63) is 46.8 Å². The number of carbonyl (C=O) groups is 3. The summed E-state index contributed by atoms with van der Waals surface area (Å²) in [5, 5.41) is 5.39. The van der Waals surface area contributed by atoms with Gasteiger partial charge in [-0.3, -0.25) is 9.59 Å². The monoisotopic (exact) mass is 329 g/mol. The van der Waals surface area contributed by atoms with E-state index in [2.05, 4.69) is 15.6 Å². The van der Waals surface area contributed by atoms with E-state index in [1.54, 1.807) is 38.1 Å². The highest BCUT2D eigenvalue weighted by Gasteiger charge is 2.22. The number of aromatic nitrogens is 1. The number of carbonyl (C=O) groups excluding carboxylic acids is 3. The van der Waals surface area contributed by atoms with Crippen LogP contribution in [0.15, 0.2) is 24.3 Å². The van der Waals surface area contributed by atoms with Crippen LogP contribution >= 0.6 is 0 Å². The molecule has 2 rings (SSSR count). The van der Waals surface area contributed by atoms with E-state index in [-0.39, 0.29) is 11.8 Å². The molecule has 0 saturated heterocycles. The molecule has 0 fully saturated rings. The fourth-order valence-corrected chi connectivity index (χ4v) is 2.42. The lowest BCUT2D eigenvalue weighted by Crippen LogP contribution is -2.14. The second kappa shape index (κ2) is 6.99. The van der Waals surface area contributed by atoms with Crippen LogP contribution in [0.5, 0.6) is 0 Å². The molecule has 0 saturated carbocycles. The molecule has 126 valence electrons. The number of amides is 2. The maximum Gasteiger partial charge on any atom is 0.339 e. The van der Waals surface area contributed by atoms with Gasteiger partial charge < -0.3 is 20.4 Å². The Morgan fingerprint density at radius 1 is 1.00 bits per heavy atom. The summed E-state index contributed by atoms with van der Waals surface area (Å²) in [5.74, 6) is -1.02. The third kappa shape index (κ3) is 3.62. The largest absolute Gasteiger partial charge is 0.465 e. The van der Waals surface area contributed by atoms with Gasteiger partial charge in [0.2, 0.25) is 5.91 Å². The molecule has 2 aromatic rings. The molecule has 0 radical (unpaired) electrons. The minimum absolute atomic E-state index is 0.167. The summed E-state index contributed by atoms with van der Waals surface area (Å²) in [6.07, 6.45) is 0. The van der Waals surface area contributed by atoms with Gasteiger partial charge in [0.15, 0.2) is 0 Å². The van der Waals surface area contributed by atoms with Gasteiger partial charge >= 0.3 is 5.97 Å². The van der Waals surface area contributed by atoms with E-state index in [9.17, 15) is 14.4 Å². The van der Waals surface area contributed by atoms with Gasteiger partial charge in [0.25, 0.3) is 5.91 Å². The second-order valence-electron chi connectivity index (χ2n) is 5.33. The van der Waals surface area contributed by atoms with Crippen molar-refractivity contribution in [1.82, 2.24) is 4.98 Å². The standard InChI is InChI=1S/C17H19N3O4/c1-9-14(17(23)24-4)10(2)18-15(9)16(22)20-13-7-5-12(6-8-13)19-11(3)21/h5-8,18H,1-4H3,(H,19,21)(H,20,22). The van der Waals surface area contributed by atoms with Crippen LogP contribution in [0, 0.1) is 13.8 Å². The molecule has 1 aromatic carbocycles. The zero-order chi connectivity index (χ0) is 17.9. The van der Waals surface area contributed by atoms with Crippen molar-refractivity contribution < 1.29 is 19.1 Å². The van der Waals surface area contributed by atoms with Crippen LogP contribution in [0.2, 0.25) is 0 Å². The molecule has 0 bridgehead atoms. The quantitative estimate of drug-likeness (QED) is 0.751. The molecule has 1 aromatic heterocycles. The van der Waals surface area contributed by atoms with Gasteiger partial charge in [-0.05, 0) is 43.7 Å². The molecule has 3 N–H and O–H groups in total. The number of hydrogen-bond donors (Lipinski definition) is 3. The fourth-order valence-electron chi connectivity index (χ4n) is 2.42. The average Bonchev–Trinajstić information content (AvgIpc) is 2.83. The lowest BCUT2D eigenvalue weighted by Gasteiger charge is -2.07. The summed E-state index contributed by atoms with van der Waals surface area (Å²) < 4.78 is 4.73. The molecule has 7 nitrogen and oxygen atoms in total. The Balaban J connectivity index is 2.18. The van der Waals surface area contributed by atoms with E-state index in [0.717, 1.165) is 0 Å². The highest BCUT2D eigenvalue weighted by atomic mass is 16.5. The van der Waals surface area contributed by atoms with E-state index in [0.29, 0.717) is 33.9 Å². The van der Waals surface area contributed by atoms with Crippen LogP contribution in [0.4, 0.5) is 11.4 Å². The summed E-state index contributed by atoms with van der Waals surface area (Å²) in [6.45, 7) is 4.81. The molecule has 0 aliphatic heterocycles. The smallest absolute Gasteiger partial charge is 0.339 e. The van der Waals surface area contributed by atoms with Crippen LogP contribution in [0.1, 0.15) is 39.0 Å². The number of benzene rings is 1. The fraction of sp³-hybridized carbons (Fsp3) is 0.235. The minimum Gasteiger partial charge on any atom is -0.465 e. The molecule has 24 heavy (non-hydrogen) atoms. The van der Waals surface area contributed by atoms with Gasteiger partial charge in [-0.25, -0.2) is 4.79 Å². The molecule has 0 aliphatic rings. The maximum absolute atomic E-state index is 12.4. The van der Waals surface area contributed by atoms with Gasteiger partial charge in [0, 0.05) is 24.0 Å². The van der Waals surface area contributed by atoms with Crippen molar-refractivity contribution in [2.75, 3.05) is 17.7 Å². The van der Waals surface area contributed by atoms with Gasteiger partial charge in [-0.1, -0.05) is 0 Å². The molecule has 0 aliphatic carbocycles. The van der Waals surface area contributed by atoms with Gasteiger partial charge in [-0.2, -0.15) is 0 Å².